The van der Waals surface area contributed by atoms with E-state index in [-0.39, 0.29) is 16.7 Å². The summed E-state index contributed by atoms with van der Waals surface area (Å²) < 4.78 is 19.6. The van der Waals surface area contributed by atoms with Crippen molar-refractivity contribution >= 4 is 17.6 Å². The Morgan fingerprint density at radius 1 is 1.19 bits per heavy atom. The molecule has 0 radical (unpaired) electrons. The molecule has 1 aromatic heterocycles. The lowest BCUT2D eigenvalue weighted by molar-refractivity contribution is 0.0697. The molecule has 0 saturated heterocycles. The van der Waals surface area contributed by atoms with Gasteiger partial charge in [0.05, 0.1) is 17.2 Å². The topological polar surface area (TPSA) is 74.2 Å². The predicted molar refractivity (Wildman–Crippen MR) is 95.7 cm³/mol. The molecule has 5 heteroatoms. The molecule has 26 heavy (non-hydrogen) atoms. The van der Waals surface area contributed by atoms with E-state index in [9.17, 15) is 14.4 Å². The largest absolute Gasteiger partial charge is 0.478 e. The van der Waals surface area contributed by atoms with Crippen LogP contribution in [0.15, 0.2) is 59.0 Å². The first kappa shape index (κ1) is 17.2. The van der Waals surface area contributed by atoms with Gasteiger partial charge in [0.15, 0.2) is 0 Å². The van der Waals surface area contributed by atoms with Gasteiger partial charge >= 0.3 is 5.97 Å². The molecule has 0 saturated carbocycles. The maximum absolute atomic E-state index is 13.9. The minimum absolute atomic E-state index is 0.139. The van der Waals surface area contributed by atoms with E-state index < -0.39 is 11.8 Å². The Morgan fingerprint density at radius 2 is 1.96 bits per heavy atom. The Balaban J connectivity index is 2.01. The van der Waals surface area contributed by atoms with Gasteiger partial charge in [-0.15, -0.1) is 0 Å². The molecule has 3 rings (SSSR count). The third kappa shape index (κ3) is 3.40. The number of nitrogens with zero attached hydrogens (tertiary/aromatic N) is 1. The van der Waals surface area contributed by atoms with Crippen LogP contribution in [0.2, 0.25) is 0 Å². The van der Waals surface area contributed by atoms with E-state index in [2.05, 4.69) is 0 Å². The predicted octanol–water partition coefficient (Wildman–Crippen LogP) is 5.16. The summed E-state index contributed by atoms with van der Waals surface area (Å²) in [7, 11) is 0. The zero-order valence-electron chi connectivity index (χ0n) is 13.9. The number of halogens is 1. The van der Waals surface area contributed by atoms with E-state index in [1.54, 1.807) is 30.3 Å². The zero-order valence-corrected chi connectivity index (χ0v) is 13.9. The third-order valence-electron chi connectivity index (χ3n) is 3.95. The average Bonchev–Trinajstić information content (AvgIpc) is 3.09. The zero-order chi connectivity index (χ0) is 18.7. The second-order valence-corrected chi connectivity index (χ2v) is 5.69. The van der Waals surface area contributed by atoms with Crippen LogP contribution in [0, 0.1) is 24.1 Å². The highest BCUT2D eigenvalue weighted by Crippen LogP contribution is 2.29. The number of aromatic carboxylic acids is 1. The smallest absolute Gasteiger partial charge is 0.335 e. The van der Waals surface area contributed by atoms with Gasteiger partial charge in [0, 0.05) is 11.1 Å². The van der Waals surface area contributed by atoms with Crippen molar-refractivity contribution in [2.75, 3.05) is 0 Å². The summed E-state index contributed by atoms with van der Waals surface area (Å²) in [6.45, 7) is 1.85. The van der Waals surface area contributed by atoms with E-state index >= 15 is 0 Å². The molecule has 2 aromatic carbocycles. The van der Waals surface area contributed by atoms with E-state index in [0.29, 0.717) is 17.1 Å². The fourth-order valence-corrected chi connectivity index (χ4v) is 2.59. The van der Waals surface area contributed by atoms with Crippen molar-refractivity contribution in [3.63, 3.8) is 0 Å². The summed E-state index contributed by atoms with van der Waals surface area (Å²) >= 11 is 0. The number of rotatable bonds is 4. The lowest BCUT2D eigenvalue weighted by Crippen LogP contribution is -1.96. The van der Waals surface area contributed by atoms with Crippen molar-refractivity contribution in [2.24, 2.45) is 0 Å². The van der Waals surface area contributed by atoms with Crippen LogP contribution in [-0.4, -0.2) is 11.1 Å². The Labute approximate surface area is 149 Å². The van der Waals surface area contributed by atoms with Crippen LogP contribution >= 0.6 is 0 Å². The van der Waals surface area contributed by atoms with Crippen molar-refractivity contribution in [1.82, 2.24) is 0 Å². The summed E-state index contributed by atoms with van der Waals surface area (Å²) in [5, 5.41) is 18.5. The van der Waals surface area contributed by atoms with Gasteiger partial charge in [0.2, 0.25) is 0 Å². The Hall–Kier alpha value is -3.65. The Kier molecular flexibility index (Phi) is 4.68. The lowest BCUT2D eigenvalue weighted by atomic mass is 10.0. The number of carbonyl (C=O) groups is 1. The maximum atomic E-state index is 13.9. The average molecular weight is 347 g/mol. The molecule has 3 aromatic rings. The minimum Gasteiger partial charge on any atom is -0.478 e. The van der Waals surface area contributed by atoms with Gasteiger partial charge in [0.1, 0.15) is 17.3 Å². The van der Waals surface area contributed by atoms with Crippen LogP contribution in [0.25, 0.3) is 23.0 Å². The molecule has 128 valence electrons. The number of hydrogen-bond acceptors (Lipinski definition) is 3. The standard InChI is InChI=1S/C21H14FNO3/c1-13-6-7-14(21(24)25)11-18(13)20-9-8-16(26-20)10-15(12-23)17-4-2-3-5-19(17)22/h2-11H,1H3,(H,24,25). The van der Waals surface area contributed by atoms with Crippen LogP contribution in [-0.2, 0) is 0 Å². The second kappa shape index (κ2) is 7.08. The second-order valence-electron chi connectivity index (χ2n) is 5.69. The highest BCUT2D eigenvalue weighted by atomic mass is 19.1. The van der Waals surface area contributed by atoms with Gasteiger partial charge in [-0.2, -0.15) is 5.26 Å². The molecule has 0 amide bonds. The number of carboxylic acids is 1. The normalized spacial score (nSPS) is 11.2. The Bertz CT molecular complexity index is 1060. The van der Waals surface area contributed by atoms with Gasteiger partial charge in [-0.3, -0.25) is 0 Å². The molecule has 0 bridgehead atoms. The Morgan fingerprint density at radius 3 is 2.65 bits per heavy atom. The van der Waals surface area contributed by atoms with Crippen molar-refractivity contribution in [2.45, 2.75) is 6.92 Å². The van der Waals surface area contributed by atoms with Crippen molar-refractivity contribution in [3.05, 3.63) is 82.9 Å². The fraction of sp³-hybridized carbons (Fsp3) is 0.0476. The molecule has 1 heterocycles. The minimum atomic E-state index is -1.02. The molecular formula is C21H14FNO3. The highest BCUT2D eigenvalue weighted by molar-refractivity contribution is 5.90. The quantitative estimate of drug-likeness (QED) is 0.662. The van der Waals surface area contributed by atoms with Crippen LogP contribution in [0.5, 0.6) is 0 Å². The third-order valence-corrected chi connectivity index (χ3v) is 3.95. The van der Waals surface area contributed by atoms with Crippen molar-refractivity contribution in [1.29, 1.82) is 5.26 Å². The summed E-state index contributed by atoms with van der Waals surface area (Å²) in [6.07, 6.45) is 1.46. The maximum Gasteiger partial charge on any atom is 0.335 e. The highest BCUT2D eigenvalue weighted by Gasteiger charge is 2.12. The van der Waals surface area contributed by atoms with Gasteiger partial charge in [-0.1, -0.05) is 24.3 Å². The number of carboxylic acid groups (broad SMARTS) is 1. The monoisotopic (exact) mass is 347 g/mol. The number of furan rings is 1. The number of benzene rings is 2. The number of nitriles is 1. The molecule has 0 aliphatic rings. The van der Waals surface area contributed by atoms with Crippen LogP contribution < -0.4 is 0 Å². The van der Waals surface area contributed by atoms with Crippen LogP contribution in [0.3, 0.4) is 0 Å². The van der Waals surface area contributed by atoms with Crippen LogP contribution in [0.1, 0.15) is 27.2 Å². The van der Waals surface area contributed by atoms with E-state index in [0.717, 1.165) is 5.56 Å². The summed E-state index contributed by atoms with van der Waals surface area (Å²) in [6, 6.07) is 16.1. The van der Waals surface area contributed by atoms with Crippen molar-refractivity contribution < 1.29 is 18.7 Å². The number of hydrogen-bond donors (Lipinski definition) is 1. The van der Waals surface area contributed by atoms with Gasteiger partial charge in [-0.25, -0.2) is 9.18 Å². The molecule has 0 aliphatic heterocycles. The fourth-order valence-electron chi connectivity index (χ4n) is 2.59. The molecule has 0 atom stereocenters. The molecule has 0 spiro atoms. The molecule has 4 nitrogen and oxygen atoms in total. The van der Waals surface area contributed by atoms with E-state index in [4.69, 9.17) is 9.52 Å². The van der Waals surface area contributed by atoms with Gasteiger partial charge < -0.3 is 9.52 Å². The SMILES string of the molecule is Cc1ccc(C(=O)O)cc1-c1ccc(C=C(C#N)c2ccccc2F)o1. The van der Waals surface area contributed by atoms with E-state index in [1.165, 1.54) is 30.3 Å². The number of allylic oxidation sites excluding steroid dienone is 1. The number of aryl methyl sites for hydroxylation is 1. The first-order valence-corrected chi connectivity index (χ1v) is 7.80. The summed E-state index contributed by atoms with van der Waals surface area (Å²) in [5.74, 6) is -0.663. The van der Waals surface area contributed by atoms with E-state index in [1.807, 2.05) is 13.0 Å². The molecular weight excluding hydrogens is 333 g/mol. The molecule has 0 fully saturated rings. The van der Waals surface area contributed by atoms with Gasteiger partial charge in [-0.05, 0) is 48.9 Å². The van der Waals surface area contributed by atoms with Crippen LogP contribution in [0.4, 0.5) is 4.39 Å². The first-order chi connectivity index (χ1) is 12.5. The summed E-state index contributed by atoms with van der Waals surface area (Å²) in [4.78, 5) is 11.2. The first-order valence-electron chi connectivity index (χ1n) is 7.80. The molecule has 0 aliphatic carbocycles. The van der Waals surface area contributed by atoms with Gasteiger partial charge in [0.25, 0.3) is 0 Å². The molecule has 1 N–H and O–H groups in total. The summed E-state index contributed by atoms with van der Waals surface area (Å²) in [5.41, 5.74) is 1.99. The van der Waals surface area contributed by atoms with Crippen molar-refractivity contribution in [3.8, 4) is 17.4 Å². The lowest BCUT2D eigenvalue weighted by Gasteiger charge is -2.04. The molecule has 0 unspecified atom stereocenters.